The van der Waals surface area contributed by atoms with Gasteiger partial charge in [0.1, 0.15) is 11.6 Å². The molecule has 1 aliphatic heterocycles. The summed E-state index contributed by atoms with van der Waals surface area (Å²) in [4.78, 5) is 12.0. The fraction of sp³-hybridized carbons (Fsp3) is 0.357. The summed E-state index contributed by atoms with van der Waals surface area (Å²) in [6.45, 7) is 2.87. The molecule has 20 heavy (non-hydrogen) atoms. The summed E-state index contributed by atoms with van der Waals surface area (Å²) in [5.74, 6) is 1.04. The lowest BCUT2D eigenvalue weighted by molar-refractivity contribution is 0.0949. The predicted octanol–water partition coefficient (Wildman–Crippen LogP) is 1.60. The van der Waals surface area contributed by atoms with E-state index in [4.69, 9.17) is 0 Å². The molecule has 2 heterocycles. The third kappa shape index (κ3) is 2.29. The first-order valence-corrected chi connectivity index (χ1v) is 6.60. The standard InChI is InChI=1S/C14H15FN4O/c1-9-4-5-10(7-11(9)15)14(20)16-8-13-18-17-12-3-2-6-19(12)13/h4-5,7H,2-3,6,8H2,1H3,(H,16,20). The molecule has 6 heteroatoms. The third-order valence-corrected chi connectivity index (χ3v) is 3.53. The Morgan fingerprint density at radius 3 is 3.10 bits per heavy atom. The minimum absolute atomic E-state index is 0.306. The summed E-state index contributed by atoms with van der Waals surface area (Å²) < 4.78 is 15.5. The van der Waals surface area contributed by atoms with Gasteiger partial charge in [0, 0.05) is 18.5 Å². The number of fused-ring (bicyclic) bond motifs is 1. The first kappa shape index (κ1) is 12.8. The molecule has 1 amide bonds. The van der Waals surface area contributed by atoms with E-state index < -0.39 is 0 Å². The molecule has 1 aliphatic rings. The summed E-state index contributed by atoms with van der Waals surface area (Å²) in [5, 5.41) is 10.9. The molecule has 0 atom stereocenters. The van der Waals surface area contributed by atoms with Gasteiger partial charge in [0.15, 0.2) is 5.82 Å². The minimum Gasteiger partial charge on any atom is -0.345 e. The average Bonchev–Trinajstić information content (AvgIpc) is 3.02. The van der Waals surface area contributed by atoms with Gasteiger partial charge in [-0.2, -0.15) is 0 Å². The number of aromatic nitrogens is 3. The fourth-order valence-electron chi connectivity index (χ4n) is 2.34. The van der Waals surface area contributed by atoms with Crippen LogP contribution in [0.1, 0.15) is 34.0 Å². The summed E-state index contributed by atoms with van der Waals surface area (Å²) >= 11 is 0. The minimum atomic E-state index is -0.374. The number of nitrogens with one attached hydrogen (secondary N) is 1. The maximum atomic E-state index is 13.4. The largest absolute Gasteiger partial charge is 0.345 e. The van der Waals surface area contributed by atoms with Gasteiger partial charge in [-0.15, -0.1) is 10.2 Å². The van der Waals surface area contributed by atoms with Crippen LogP contribution in [0.5, 0.6) is 0 Å². The number of carbonyl (C=O) groups excluding carboxylic acids is 1. The highest BCUT2D eigenvalue weighted by Gasteiger charge is 2.17. The van der Waals surface area contributed by atoms with E-state index in [0.717, 1.165) is 31.0 Å². The van der Waals surface area contributed by atoms with Crippen molar-refractivity contribution in [3.8, 4) is 0 Å². The second kappa shape index (κ2) is 5.03. The highest BCUT2D eigenvalue weighted by Crippen LogP contribution is 2.14. The van der Waals surface area contributed by atoms with E-state index in [0.29, 0.717) is 17.7 Å². The zero-order valence-corrected chi connectivity index (χ0v) is 11.2. The number of benzene rings is 1. The van der Waals surface area contributed by atoms with Crippen molar-refractivity contribution in [2.24, 2.45) is 0 Å². The van der Waals surface area contributed by atoms with Crippen molar-refractivity contribution < 1.29 is 9.18 Å². The van der Waals surface area contributed by atoms with Crippen LogP contribution in [0.15, 0.2) is 18.2 Å². The molecule has 0 fully saturated rings. The van der Waals surface area contributed by atoms with Gasteiger partial charge in [-0.25, -0.2) is 4.39 Å². The van der Waals surface area contributed by atoms with Crippen molar-refractivity contribution in [3.05, 3.63) is 46.8 Å². The van der Waals surface area contributed by atoms with Crippen LogP contribution in [0.4, 0.5) is 4.39 Å². The molecule has 104 valence electrons. The Balaban J connectivity index is 1.68. The van der Waals surface area contributed by atoms with Crippen molar-refractivity contribution in [2.45, 2.75) is 32.9 Å². The molecule has 0 radical (unpaired) electrons. The van der Waals surface area contributed by atoms with E-state index in [1.54, 1.807) is 19.1 Å². The van der Waals surface area contributed by atoms with E-state index in [1.807, 2.05) is 4.57 Å². The van der Waals surface area contributed by atoms with Gasteiger partial charge in [0.05, 0.1) is 6.54 Å². The second-order valence-corrected chi connectivity index (χ2v) is 4.93. The zero-order chi connectivity index (χ0) is 14.1. The molecular weight excluding hydrogens is 259 g/mol. The first-order chi connectivity index (χ1) is 9.65. The van der Waals surface area contributed by atoms with Gasteiger partial charge in [-0.05, 0) is 31.0 Å². The molecular formula is C14H15FN4O. The van der Waals surface area contributed by atoms with E-state index in [-0.39, 0.29) is 11.7 Å². The van der Waals surface area contributed by atoms with Gasteiger partial charge in [0.25, 0.3) is 5.91 Å². The molecule has 0 bridgehead atoms. The Morgan fingerprint density at radius 2 is 2.30 bits per heavy atom. The number of rotatable bonds is 3. The van der Waals surface area contributed by atoms with Gasteiger partial charge >= 0.3 is 0 Å². The smallest absolute Gasteiger partial charge is 0.251 e. The SMILES string of the molecule is Cc1ccc(C(=O)NCc2nnc3n2CCC3)cc1F. The molecule has 5 nitrogen and oxygen atoms in total. The molecule has 2 aromatic rings. The van der Waals surface area contributed by atoms with Crippen molar-refractivity contribution >= 4 is 5.91 Å². The van der Waals surface area contributed by atoms with E-state index in [1.165, 1.54) is 6.07 Å². The third-order valence-electron chi connectivity index (χ3n) is 3.53. The Hall–Kier alpha value is -2.24. The van der Waals surface area contributed by atoms with Crippen LogP contribution in [0.2, 0.25) is 0 Å². The summed E-state index contributed by atoms with van der Waals surface area (Å²) in [7, 11) is 0. The molecule has 0 saturated heterocycles. The van der Waals surface area contributed by atoms with Gasteiger partial charge in [-0.1, -0.05) is 6.07 Å². The number of carbonyl (C=O) groups is 1. The summed E-state index contributed by atoms with van der Waals surface area (Å²) in [6, 6.07) is 4.46. The number of amides is 1. The highest BCUT2D eigenvalue weighted by atomic mass is 19.1. The van der Waals surface area contributed by atoms with Gasteiger partial charge < -0.3 is 9.88 Å². The molecule has 3 rings (SSSR count). The lowest BCUT2D eigenvalue weighted by Crippen LogP contribution is -2.24. The second-order valence-electron chi connectivity index (χ2n) is 4.93. The molecule has 1 N–H and O–H groups in total. The number of hydrogen-bond acceptors (Lipinski definition) is 3. The van der Waals surface area contributed by atoms with Gasteiger partial charge in [-0.3, -0.25) is 4.79 Å². The monoisotopic (exact) mass is 274 g/mol. The summed E-state index contributed by atoms with van der Waals surface area (Å²) in [5.41, 5.74) is 0.839. The predicted molar refractivity (Wildman–Crippen MR) is 70.7 cm³/mol. The molecule has 0 aliphatic carbocycles. The lowest BCUT2D eigenvalue weighted by atomic mass is 10.1. The normalized spacial score (nSPS) is 13.3. The topological polar surface area (TPSA) is 59.8 Å². The Kier molecular flexibility index (Phi) is 3.22. The van der Waals surface area contributed by atoms with Gasteiger partial charge in [0.2, 0.25) is 0 Å². The van der Waals surface area contributed by atoms with Crippen LogP contribution in [0.25, 0.3) is 0 Å². The molecule has 1 aromatic carbocycles. The first-order valence-electron chi connectivity index (χ1n) is 6.60. The number of hydrogen-bond donors (Lipinski definition) is 1. The van der Waals surface area contributed by atoms with E-state index in [2.05, 4.69) is 15.5 Å². The number of nitrogens with zero attached hydrogens (tertiary/aromatic N) is 3. The molecule has 0 saturated carbocycles. The Bertz CT molecular complexity index is 665. The Morgan fingerprint density at radius 1 is 1.45 bits per heavy atom. The quantitative estimate of drug-likeness (QED) is 0.925. The van der Waals surface area contributed by atoms with E-state index in [9.17, 15) is 9.18 Å². The van der Waals surface area contributed by atoms with Crippen LogP contribution in [0, 0.1) is 12.7 Å². The van der Waals surface area contributed by atoms with Crippen molar-refractivity contribution in [1.29, 1.82) is 0 Å². The van der Waals surface area contributed by atoms with Crippen molar-refractivity contribution in [3.63, 3.8) is 0 Å². The van der Waals surface area contributed by atoms with Crippen molar-refractivity contribution in [1.82, 2.24) is 20.1 Å². The zero-order valence-electron chi connectivity index (χ0n) is 11.2. The molecule has 1 aromatic heterocycles. The fourth-order valence-corrected chi connectivity index (χ4v) is 2.34. The lowest BCUT2D eigenvalue weighted by Gasteiger charge is -2.06. The molecule has 0 unspecified atom stereocenters. The molecule has 0 spiro atoms. The maximum Gasteiger partial charge on any atom is 0.251 e. The van der Waals surface area contributed by atoms with Crippen molar-refractivity contribution in [2.75, 3.05) is 0 Å². The van der Waals surface area contributed by atoms with Crippen LogP contribution in [-0.4, -0.2) is 20.7 Å². The number of aryl methyl sites for hydroxylation is 2. The summed E-state index contributed by atoms with van der Waals surface area (Å²) in [6.07, 6.45) is 2.00. The Labute approximate surface area is 115 Å². The van der Waals surface area contributed by atoms with Crippen LogP contribution in [-0.2, 0) is 19.5 Å². The average molecular weight is 274 g/mol. The highest BCUT2D eigenvalue weighted by molar-refractivity contribution is 5.94. The van der Waals surface area contributed by atoms with Crippen LogP contribution < -0.4 is 5.32 Å². The van der Waals surface area contributed by atoms with E-state index >= 15 is 0 Å². The maximum absolute atomic E-state index is 13.4. The number of halogens is 1. The van der Waals surface area contributed by atoms with Crippen LogP contribution in [0.3, 0.4) is 0 Å². The van der Waals surface area contributed by atoms with Crippen LogP contribution >= 0.6 is 0 Å².